The number of thiazole rings is 1. The van der Waals surface area contributed by atoms with Crippen LogP contribution in [0.25, 0.3) is 94.5 Å². The summed E-state index contributed by atoms with van der Waals surface area (Å²) in [7, 11) is 0. The van der Waals surface area contributed by atoms with Gasteiger partial charge in [0, 0.05) is 63.0 Å². The summed E-state index contributed by atoms with van der Waals surface area (Å²) in [6.45, 7) is 0. The third kappa shape index (κ3) is 6.01. The van der Waals surface area contributed by atoms with E-state index in [9.17, 15) is 0 Å². The molecule has 0 bridgehead atoms. The van der Waals surface area contributed by atoms with Crippen LogP contribution in [0.5, 0.6) is 0 Å². The molecule has 0 aliphatic rings. The molecule has 0 atom stereocenters. The number of benzene rings is 9. The summed E-state index contributed by atoms with van der Waals surface area (Å²) in [6.07, 6.45) is 0. The molecule has 0 fully saturated rings. The molecule has 9 aromatic carbocycles. The van der Waals surface area contributed by atoms with Crippen LogP contribution in [0.4, 0.5) is 17.1 Å². The molecular formula is C55H34N2S3. The van der Waals surface area contributed by atoms with Crippen LogP contribution in [0, 0.1) is 0 Å². The molecular weight excluding hydrogens is 785 g/mol. The summed E-state index contributed by atoms with van der Waals surface area (Å²) >= 11 is 5.48. The Labute approximate surface area is 359 Å². The molecule has 0 aliphatic heterocycles. The van der Waals surface area contributed by atoms with Crippen molar-refractivity contribution in [3.63, 3.8) is 0 Å². The highest BCUT2D eigenvalue weighted by molar-refractivity contribution is 7.27. The van der Waals surface area contributed by atoms with E-state index in [1.807, 2.05) is 22.7 Å². The number of fused-ring (bicyclic) bond motifs is 8. The lowest BCUT2D eigenvalue weighted by molar-refractivity contribution is 1.28. The minimum Gasteiger partial charge on any atom is -0.310 e. The standard InChI is InChI=1S/C55H34N2S3/c1-3-11-35(12-4-1)36-21-26-41(27-22-36)57(43-16-9-15-40(33-43)44-18-10-20-49-52(44)45-17-7-8-19-47(45)58-49)42-28-23-37(24-29-42)39-25-30-48-46(34-39)53-50(59-48)31-32-51-54(53)56-55(60-51)38-13-5-2-6-14-38/h1-34H. The van der Waals surface area contributed by atoms with Crippen molar-refractivity contribution in [2.75, 3.05) is 4.90 Å². The molecule has 0 aliphatic carbocycles. The molecule has 0 amide bonds. The van der Waals surface area contributed by atoms with Crippen molar-refractivity contribution in [1.82, 2.24) is 4.98 Å². The van der Waals surface area contributed by atoms with E-state index >= 15 is 0 Å². The Kier molecular flexibility index (Phi) is 8.44. The summed E-state index contributed by atoms with van der Waals surface area (Å²) < 4.78 is 6.40. The van der Waals surface area contributed by atoms with Crippen molar-refractivity contribution in [3.8, 4) is 44.0 Å². The molecule has 3 aromatic heterocycles. The third-order valence-electron chi connectivity index (χ3n) is 11.5. The lowest BCUT2D eigenvalue weighted by Gasteiger charge is -2.26. The van der Waals surface area contributed by atoms with E-state index in [1.54, 1.807) is 11.3 Å². The van der Waals surface area contributed by atoms with Gasteiger partial charge in [0.05, 0.1) is 10.2 Å². The van der Waals surface area contributed by atoms with Crippen molar-refractivity contribution in [2.45, 2.75) is 0 Å². The van der Waals surface area contributed by atoms with Gasteiger partial charge in [-0.15, -0.1) is 34.0 Å². The van der Waals surface area contributed by atoms with Gasteiger partial charge in [-0.05, 0) is 106 Å². The zero-order chi connectivity index (χ0) is 39.6. The molecule has 2 nitrogen and oxygen atoms in total. The molecule has 12 aromatic rings. The minimum absolute atomic E-state index is 1.06. The Morgan fingerprint density at radius 3 is 1.63 bits per heavy atom. The molecule has 5 heteroatoms. The average molecular weight is 819 g/mol. The number of hydrogen-bond donors (Lipinski definition) is 0. The monoisotopic (exact) mass is 818 g/mol. The topological polar surface area (TPSA) is 16.1 Å². The zero-order valence-corrected chi connectivity index (χ0v) is 34.7. The lowest BCUT2D eigenvalue weighted by atomic mass is 9.98. The van der Waals surface area contributed by atoms with Gasteiger partial charge in [0.1, 0.15) is 5.01 Å². The fourth-order valence-corrected chi connectivity index (χ4v) is 11.8. The highest BCUT2D eigenvalue weighted by Gasteiger charge is 2.18. The summed E-state index contributed by atoms with van der Waals surface area (Å²) in [5.41, 5.74) is 12.8. The maximum absolute atomic E-state index is 5.22. The lowest BCUT2D eigenvalue weighted by Crippen LogP contribution is -2.10. The van der Waals surface area contributed by atoms with Gasteiger partial charge in [-0.1, -0.05) is 133 Å². The highest BCUT2D eigenvalue weighted by atomic mass is 32.1. The smallest absolute Gasteiger partial charge is 0.124 e. The first-order valence-electron chi connectivity index (χ1n) is 20.1. The maximum Gasteiger partial charge on any atom is 0.124 e. The molecule has 3 heterocycles. The Balaban J connectivity index is 0.956. The van der Waals surface area contributed by atoms with Gasteiger partial charge >= 0.3 is 0 Å². The predicted octanol–water partition coefficient (Wildman–Crippen LogP) is 17.2. The molecule has 282 valence electrons. The van der Waals surface area contributed by atoms with Crippen LogP contribution < -0.4 is 4.90 Å². The van der Waals surface area contributed by atoms with Crippen LogP contribution in [0.3, 0.4) is 0 Å². The van der Waals surface area contributed by atoms with Crippen molar-refractivity contribution in [3.05, 3.63) is 206 Å². The van der Waals surface area contributed by atoms with Crippen LogP contribution in [0.2, 0.25) is 0 Å². The van der Waals surface area contributed by atoms with E-state index in [1.165, 1.54) is 78.4 Å². The van der Waals surface area contributed by atoms with Gasteiger partial charge in [0.25, 0.3) is 0 Å². The molecule has 0 N–H and O–H groups in total. The zero-order valence-electron chi connectivity index (χ0n) is 32.2. The van der Waals surface area contributed by atoms with Crippen molar-refractivity contribution in [1.29, 1.82) is 0 Å². The number of hydrogen-bond acceptors (Lipinski definition) is 5. The maximum atomic E-state index is 5.22. The fraction of sp³-hybridized carbons (Fsp3) is 0. The summed E-state index contributed by atoms with van der Waals surface area (Å²) in [4.78, 5) is 7.60. The fourth-order valence-electron chi connectivity index (χ4n) is 8.65. The van der Waals surface area contributed by atoms with Crippen LogP contribution in [-0.4, -0.2) is 4.98 Å². The molecule has 0 spiro atoms. The minimum atomic E-state index is 1.06. The van der Waals surface area contributed by atoms with E-state index in [4.69, 9.17) is 4.98 Å². The number of rotatable bonds is 7. The molecule has 0 radical (unpaired) electrons. The highest BCUT2D eigenvalue weighted by Crippen LogP contribution is 2.45. The Hall–Kier alpha value is -6.89. The van der Waals surface area contributed by atoms with Crippen molar-refractivity contribution < 1.29 is 0 Å². The van der Waals surface area contributed by atoms with Gasteiger partial charge in [-0.2, -0.15) is 0 Å². The number of thiophene rings is 2. The second kappa shape index (κ2) is 14.4. The Morgan fingerprint density at radius 1 is 0.317 bits per heavy atom. The van der Waals surface area contributed by atoms with E-state index < -0.39 is 0 Å². The normalized spacial score (nSPS) is 11.7. The molecule has 60 heavy (non-hydrogen) atoms. The Bertz CT molecular complexity index is 3530. The first-order chi connectivity index (χ1) is 29.7. The quantitative estimate of drug-likeness (QED) is 0.159. The van der Waals surface area contributed by atoms with Gasteiger partial charge in [-0.25, -0.2) is 4.98 Å². The SMILES string of the molecule is c1ccc(-c2ccc(N(c3ccc(-c4ccc5sc6ccc7sc(-c8ccccc8)nc7c6c5c4)cc3)c3cccc(-c4cccc5sc6ccccc6c45)c3)cc2)cc1. The average Bonchev–Trinajstić information content (AvgIpc) is 4.04. The molecule has 12 rings (SSSR count). The van der Waals surface area contributed by atoms with Crippen LogP contribution in [0.1, 0.15) is 0 Å². The number of aromatic nitrogens is 1. The Morgan fingerprint density at radius 2 is 0.867 bits per heavy atom. The van der Waals surface area contributed by atoms with Crippen molar-refractivity contribution >= 4 is 102 Å². The summed E-state index contributed by atoms with van der Waals surface area (Å²) in [5.74, 6) is 0. The second-order valence-electron chi connectivity index (χ2n) is 15.1. The van der Waals surface area contributed by atoms with E-state index in [2.05, 4.69) is 211 Å². The van der Waals surface area contributed by atoms with Crippen LogP contribution in [0.15, 0.2) is 206 Å². The summed E-state index contributed by atoms with van der Waals surface area (Å²) in [5, 5.41) is 6.20. The largest absolute Gasteiger partial charge is 0.310 e. The van der Waals surface area contributed by atoms with Gasteiger partial charge in [0.15, 0.2) is 0 Å². The van der Waals surface area contributed by atoms with E-state index in [0.29, 0.717) is 0 Å². The van der Waals surface area contributed by atoms with Crippen molar-refractivity contribution in [2.24, 2.45) is 0 Å². The van der Waals surface area contributed by atoms with Crippen LogP contribution in [-0.2, 0) is 0 Å². The first kappa shape index (κ1) is 35.1. The number of nitrogens with zero attached hydrogens (tertiary/aromatic N) is 2. The first-order valence-corrected chi connectivity index (χ1v) is 22.5. The van der Waals surface area contributed by atoms with Gasteiger partial charge in [-0.3, -0.25) is 0 Å². The van der Waals surface area contributed by atoms with E-state index in [-0.39, 0.29) is 0 Å². The number of anilines is 3. The second-order valence-corrected chi connectivity index (χ2v) is 18.3. The molecule has 0 unspecified atom stereocenters. The van der Waals surface area contributed by atoms with Crippen LogP contribution >= 0.6 is 34.0 Å². The van der Waals surface area contributed by atoms with Gasteiger partial charge in [0.2, 0.25) is 0 Å². The van der Waals surface area contributed by atoms with Gasteiger partial charge < -0.3 is 4.90 Å². The predicted molar refractivity (Wildman–Crippen MR) is 262 cm³/mol. The molecule has 0 saturated carbocycles. The van der Waals surface area contributed by atoms with E-state index in [0.717, 1.165) is 33.1 Å². The molecule has 0 saturated heterocycles. The summed E-state index contributed by atoms with van der Waals surface area (Å²) in [6, 6.07) is 75.0. The third-order valence-corrected chi connectivity index (χ3v) is 14.9.